The molecular formula is C10H12ClN3. The van der Waals surface area contributed by atoms with Crippen molar-refractivity contribution in [1.82, 2.24) is 4.90 Å². The Morgan fingerprint density at radius 3 is 2.79 bits per heavy atom. The van der Waals surface area contributed by atoms with Gasteiger partial charge in [0.1, 0.15) is 13.0 Å². The van der Waals surface area contributed by atoms with Crippen molar-refractivity contribution in [2.45, 2.75) is 6.92 Å². The minimum atomic E-state index is 0.766. The van der Waals surface area contributed by atoms with E-state index in [0.717, 1.165) is 22.9 Å². The standard InChI is InChI=1S/C10H12ClN3/c1-8-5-9(11)3-4-10(8)14-7-13(2)6-12-14/h3-6H,7H2,1-2H3. The Kier molecular flexibility index (Phi) is 2.33. The van der Waals surface area contributed by atoms with Gasteiger partial charge in [0.05, 0.1) is 5.69 Å². The quantitative estimate of drug-likeness (QED) is 0.707. The summed E-state index contributed by atoms with van der Waals surface area (Å²) in [5.41, 5.74) is 2.25. The lowest BCUT2D eigenvalue weighted by molar-refractivity contribution is 0.549. The van der Waals surface area contributed by atoms with Gasteiger partial charge in [0, 0.05) is 12.1 Å². The second kappa shape index (κ2) is 3.50. The van der Waals surface area contributed by atoms with Crippen LogP contribution in [0, 0.1) is 6.92 Å². The van der Waals surface area contributed by atoms with Gasteiger partial charge in [-0.3, -0.25) is 0 Å². The molecule has 0 saturated heterocycles. The first-order valence-corrected chi connectivity index (χ1v) is 4.82. The van der Waals surface area contributed by atoms with Crippen LogP contribution in [0.5, 0.6) is 0 Å². The Morgan fingerprint density at radius 1 is 1.43 bits per heavy atom. The molecule has 0 saturated carbocycles. The lowest BCUT2D eigenvalue weighted by Crippen LogP contribution is -2.23. The molecule has 0 N–H and O–H groups in total. The third-order valence-electron chi connectivity index (χ3n) is 2.18. The number of hydrogen-bond donors (Lipinski definition) is 0. The van der Waals surface area contributed by atoms with Crippen molar-refractivity contribution in [3.63, 3.8) is 0 Å². The summed E-state index contributed by atoms with van der Waals surface area (Å²) in [4.78, 5) is 2.02. The largest absolute Gasteiger partial charge is 0.345 e. The van der Waals surface area contributed by atoms with Crippen molar-refractivity contribution < 1.29 is 0 Å². The molecule has 2 rings (SSSR count). The molecular weight excluding hydrogens is 198 g/mol. The average Bonchev–Trinajstić information content (AvgIpc) is 2.51. The summed E-state index contributed by atoms with van der Waals surface area (Å²) in [5, 5.41) is 6.99. The van der Waals surface area contributed by atoms with Crippen LogP contribution in [0.3, 0.4) is 0 Å². The maximum atomic E-state index is 5.88. The molecule has 0 amide bonds. The normalized spacial score (nSPS) is 15.4. The van der Waals surface area contributed by atoms with E-state index in [1.165, 1.54) is 0 Å². The number of rotatable bonds is 1. The molecule has 1 aromatic rings. The van der Waals surface area contributed by atoms with Gasteiger partial charge in [0.2, 0.25) is 0 Å². The van der Waals surface area contributed by atoms with E-state index in [9.17, 15) is 0 Å². The summed E-state index contributed by atoms with van der Waals surface area (Å²) in [6.45, 7) is 2.83. The first kappa shape index (κ1) is 9.34. The van der Waals surface area contributed by atoms with Crippen LogP contribution in [-0.4, -0.2) is 25.0 Å². The zero-order valence-corrected chi connectivity index (χ0v) is 8.99. The molecule has 0 fully saturated rings. The molecule has 0 aromatic heterocycles. The van der Waals surface area contributed by atoms with Crippen LogP contribution in [0.4, 0.5) is 5.69 Å². The Hall–Kier alpha value is -1.22. The predicted octanol–water partition coefficient (Wildman–Crippen LogP) is 2.30. The van der Waals surface area contributed by atoms with Crippen LogP contribution in [0.1, 0.15) is 5.56 Å². The third-order valence-corrected chi connectivity index (χ3v) is 2.42. The molecule has 74 valence electrons. The molecule has 1 aliphatic heterocycles. The summed E-state index contributed by atoms with van der Waals surface area (Å²) in [7, 11) is 1.99. The van der Waals surface area contributed by atoms with Gasteiger partial charge in [0.15, 0.2) is 0 Å². The van der Waals surface area contributed by atoms with E-state index in [0.29, 0.717) is 0 Å². The smallest absolute Gasteiger partial charge is 0.113 e. The summed E-state index contributed by atoms with van der Waals surface area (Å²) >= 11 is 5.88. The molecule has 0 spiro atoms. The number of benzene rings is 1. The van der Waals surface area contributed by atoms with E-state index in [1.54, 1.807) is 0 Å². The number of aryl methyl sites for hydroxylation is 1. The van der Waals surface area contributed by atoms with Gasteiger partial charge in [-0.1, -0.05) is 11.6 Å². The van der Waals surface area contributed by atoms with E-state index < -0.39 is 0 Å². The average molecular weight is 210 g/mol. The molecule has 0 unspecified atom stereocenters. The van der Waals surface area contributed by atoms with E-state index in [2.05, 4.69) is 5.10 Å². The van der Waals surface area contributed by atoms with Crippen molar-refractivity contribution in [2.75, 3.05) is 18.7 Å². The molecule has 3 nitrogen and oxygen atoms in total. The van der Waals surface area contributed by atoms with Crippen molar-refractivity contribution >= 4 is 23.6 Å². The Balaban J connectivity index is 2.29. The highest BCUT2D eigenvalue weighted by atomic mass is 35.5. The molecule has 1 aliphatic rings. The molecule has 1 heterocycles. The Morgan fingerprint density at radius 2 is 2.21 bits per heavy atom. The number of hydrogen-bond acceptors (Lipinski definition) is 3. The van der Waals surface area contributed by atoms with Crippen LogP contribution in [0.2, 0.25) is 5.02 Å². The predicted molar refractivity (Wildman–Crippen MR) is 59.8 cm³/mol. The van der Waals surface area contributed by atoms with E-state index >= 15 is 0 Å². The van der Waals surface area contributed by atoms with Crippen LogP contribution in [-0.2, 0) is 0 Å². The second-order valence-corrected chi connectivity index (χ2v) is 3.90. The van der Waals surface area contributed by atoms with E-state index in [1.807, 2.05) is 48.4 Å². The van der Waals surface area contributed by atoms with Crippen LogP contribution in [0.25, 0.3) is 0 Å². The lowest BCUT2D eigenvalue weighted by atomic mass is 10.2. The zero-order valence-electron chi connectivity index (χ0n) is 8.24. The Bertz CT molecular complexity index is 376. The molecule has 0 bridgehead atoms. The van der Waals surface area contributed by atoms with Crippen molar-refractivity contribution in [1.29, 1.82) is 0 Å². The first-order chi connectivity index (χ1) is 6.66. The minimum absolute atomic E-state index is 0.766. The fourth-order valence-corrected chi connectivity index (χ4v) is 1.71. The monoisotopic (exact) mass is 209 g/mol. The first-order valence-electron chi connectivity index (χ1n) is 4.45. The molecule has 0 radical (unpaired) electrons. The summed E-state index contributed by atoms with van der Waals surface area (Å²) in [5.74, 6) is 0. The second-order valence-electron chi connectivity index (χ2n) is 3.46. The zero-order chi connectivity index (χ0) is 10.1. The van der Waals surface area contributed by atoms with E-state index in [4.69, 9.17) is 11.6 Å². The van der Waals surface area contributed by atoms with Crippen molar-refractivity contribution in [3.05, 3.63) is 28.8 Å². The highest BCUT2D eigenvalue weighted by Crippen LogP contribution is 2.24. The number of anilines is 1. The number of halogens is 1. The SMILES string of the molecule is Cc1cc(Cl)ccc1N1CN(C)C=N1. The number of nitrogens with zero attached hydrogens (tertiary/aromatic N) is 3. The highest BCUT2D eigenvalue weighted by Gasteiger charge is 2.13. The van der Waals surface area contributed by atoms with Crippen molar-refractivity contribution in [3.8, 4) is 0 Å². The molecule has 1 aromatic carbocycles. The van der Waals surface area contributed by atoms with Gasteiger partial charge >= 0.3 is 0 Å². The minimum Gasteiger partial charge on any atom is -0.345 e. The number of hydrazone groups is 1. The van der Waals surface area contributed by atoms with Gasteiger partial charge in [-0.25, -0.2) is 5.01 Å². The van der Waals surface area contributed by atoms with Crippen molar-refractivity contribution in [2.24, 2.45) is 5.10 Å². The third kappa shape index (κ3) is 1.68. The topological polar surface area (TPSA) is 18.8 Å². The van der Waals surface area contributed by atoms with Gasteiger partial charge in [-0.15, -0.1) is 0 Å². The molecule has 14 heavy (non-hydrogen) atoms. The highest BCUT2D eigenvalue weighted by molar-refractivity contribution is 6.30. The van der Waals surface area contributed by atoms with Crippen LogP contribution < -0.4 is 5.01 Å². The summed E-state index contributed by atoms with van der Waals surface area (Å²) in [6.07, 6.45) is 1.81. The van der Waals surface area contributed by atoms with E-state index in [-0.39, 0.29) is 0 Å². The Labute approximate surface area is 88.6 Å². The maximum absolute atomic E-state index is 5.88. The maximum Gasteiger partial charge on any atom is 0.113 e. The fourth-order valence-electron chi connectivity index (χ4n) is 1.48. The van der Waals surface area contributed by atoms with Gasteiger partial charge < -0.3 is 4.90 Å². The van der Waals surface area contributed by atoms with Gasteiger partial charge in [-0.05, 0) is 30.7 Å². The van der Waals surface area contributed by atoms with Crippen LogP contribution in [0.15, 0.2) is 23.3 Å². The van der Waals surface area contributed by atoms with Crippen LogP contribution >= 0.6 is 11.6 Å². The fraction of sp³-hybridized carbons (Fsp3) is 0.300. The van der Waals surface area contributed by atoms with Gasteiger partial charge in [0.25, 0.3) is 0 Å². The summed E-state index contributed by atoms with van der Waals surface area (Å²) in [6, 6.07) is 5.83. The van der Waals surface area contributed by atoms with Gasteiger partial charge in [-0.2, -0.15) is 5.10 Å². The molecule has 0 atom stereocenters. The lowest BCUT2D eigenvalue weighted by Gasteiger charge is -2.17. The molecule has 4 heteroatoms. The molecule has 0 aliphatic carbocycles. The summed E-state index contributed by atoms with van der Waals surface area (Å²) < 4.78 is 0.